The fourth-order valence-electron chi connectivity index (χ4n) is 1.61. The number of aliphatic hydroxyl groups is 1. The molecule has 0 bridgehead atoms. The van der Waals surface area contributed by atoms with Crippen LogP contribution in [-0.2, 0) is 6.42 Å². The number of nitrogens with zero attached hydrogens (tertiary/aromatic N) is 1. The van der Waals surface area contributed by atoms with E-state index in [1.807, 2.05) is 6.07 Å². The molecule has 0 spiro atoms. The molecule has 1 aromatic carbocycles. The lowest BCUT2D eigenvalue weighted by molar-refractivity contribution is -0.402. The zero-order chi connectivity index (χ0) is 13.1. The minimum Gasteiger partial charge on any atom is -0.403 e. The van der Waals surface area contributed by atoms with Crippen molar-refractivity contribution in [3.63, 3.8) is 0 Å². The quantitative estimate of drug-likeness (QED) is 0.682. The number of aliphatic hydroxyl groups excluding tert-OH is 1. The normalized spacial score (nSPS) is 12.3. The topological polar surface area (TPSA) is 76.5 Å². The summed E-state index contributed by atoms with van der Waals surface area (Å²) in [5.41, 5.74) is 0.828. The molecule has 0 saturated carbocycles. The van der Waals surface area contributed by atoms with Crippen LogP contribution in [0.5, 0.6) is 0 Å². The van der Waals surface area contributed by atoms with E-state index in [0.717, 1.165) is 5.56 Å². The van der Waals surface area contributed by atoms with Gasteiger partial charge in [-0.15, -0.1) is 0 Å². The third-order valence-electron chi connectivity index (χ3n) is 2.44. The van der Waals surface area contributed by atoms with Gasteiger partial charge in [0.2, 0.25) is 0 Å². The molecule has 94 valence electrons. The standard InChI is InChI=1S/C12H10ClNO4/c13-9-3-1-2-8(6-9)7-10(15)11-4-5-12(18-11)14(16)17/h1-6,10,15H,7H2. The lowest BCUT2D eigenvalue weighted by atomic mass is 10.1. The molecule has 0 aliphatic heterocycles. The molecule has 2 aromatic rings. The first-order chi connectivity index (χ1) is 8.56. The molecule has 0 aliphatic carbocycles. The van der Waals surface area contributed by atoms with Crippen molar-refractivity contribution < 1.29 is 14.4 Å². The van der Waals surface area contributed by atoms with E-state index in [1.165, 1.54) is 12.1 Å². The molecule has 1 N–H and O–H groups in total. The first kappa shape index (κ1) is 12.6. The van der Waals surface area contributed by atoms with Crippen molar-refractivity contribution in [1.82, 2.24) is 0 Å². The molecular formula is C12H10ClNO4. The molecule has 5 nitrogen and oxygen atoms in total. The number of furan rings is 1. The Morgan fingerprint density at radius 1 is 1.39 bits per heavy atom. The summed E-state index contributed by atoms with van der Waals surface area (Å²) < 4.78 is 4.93. The second-order valence-electron chi connectivity index (χ2n) is 3.78. The molecule has 0 saturated heterocycles. The van der Waals surface area contributed by atoms with Gasteiger partial charge in [-0.25, -0.2) is 0 Å². The third-order valence-corrected chi connectivity index (χ3v) is 2.67. The van der Waals surface area contributed by atoms with Crippen molar-refractivity contribution in [3.05, 3.63) is 62.9 Å². The first-order valence-corrected chi connectivity index (χ1v) is 5.60. The van der Waals surface area contributed by atoms with Crippen LogP contribution in [0.3, 0.4) is 0 Å². The highest BCUT2D eigenvalue weighted by molar-refractivity contribution is 6.30. The maximum absolute atomic E-state index is 10.5. The van der Waals surface area contributed by atoms with Crippen molar-refractivity contribution in [2.75, 3.05) is 0 Å². The van der Waals surface area contributed by atoms with Crippen LogP contribution in [0.4, 0.5) is 5.88 Å². The maximum atomic E-state index is 10.5. The van der Waals surface area contributed by atoms with Gasteiger partial charge in [-0.3, -0.25) is 10.1 Å². The van der Waals surface area contributed by atoms with Crippen molar-refractivity contribution >= 4 is 17.5 Å². The summed E-state index contributed by atoms with van der Waals surface area (Å²) in [4.78, 5) is 9.81. The van der Waals surface area contributed by atoms with Gasteiger partial charge in [0.1, 0.15) is 16.8 Å². The van der Waals surface area contributed by atoms with Crippen LogP contribution in [0, 0.1) is 10.1 Å². The van der Waals surface area contributed by atoms with Crippen LogP contribution in [0.25, 0.3) is 0 Å². The molecule has 0 fully saturated rings. The molecule has 0 aliphatic rings. The van der Waals surface area contributed by atoms with Gasteiger partial charge in [-0.2, -0.15) is 0 Å². The summed E-state index contributed by atoms with van der Waals surface area (Å²) >= 11 is 5.83. The minimum absolute atomic E-state index is 0.168. The second-order valence-corrected chi connectivity index (χ2v) is 4.22. The summed E-state index contributed by atoms with van der Waals surface area (Å²) in [6.07, 6.45) is -0.650. The van der Waals surface area contributed by atoms with Crippen LogP contribution >= 0.6 is 11.6 Å². The van der Waals surface area contributed by atoms with E-state index in [1.54, 1.807) is 18.2 Å². The second kappa shape index (κ2) is 5.20. The predicted molar refractivity (Wildman–Crippen MR) is 65.5 cm³/mol. The zero-order valence-corrected chi connectivity index (χ0v) is 10.0. The average Bonchev–Trinajstić information content (AvgIpc) is 2.78. The molecular weight excluding hydrogens is 258 g/mol. The minimum atomic E-state index is -0.933. The summed E-state index contributed by atoms with van der Waals surface area (Å²) in [6.45, 7) is 0. The van der Waals surface area contributed by atoms with E-state index in [4.69, 9.17) is 16.0 Å². The molecule has 1 atom stereocenters. The molecule has 0 amide bonds. The van der Waals surface area contributed by atoms with E-state index in [2.05, 4.69) is 0 Å². The van der Waals surface area contributed by atoms with Gasteiger partial charge in [-0.05, 0) is 23.8 Å². The van der Waals surface area contributed by atoms with E-state index < -0.39 is 11.0 Å². The Kier molecular flexibility index (Phi) is 3.64. The van der Waals surface area contributed by atoms with Gasteiger partial charge in [-0.1, -0.05) is 23.7 Å². The fraction of sp³-hybridized carbons (Fsp3) is 0.167. The van der Waals surface area contributed by atoms with Crippen molar-refractivity contribution in [2.45, 2.75) is 12.5 Å². The number of hydrogen-bond donors (Lipinski definition) is 1. The van der Waals surface area contributed by atoms with Crippen molar-refractivity contribution in [2.24, 2.45) is 0 Å². The maximum Gasteiger partial charge on any atom is 0.433 e. The third kappa shape index (κ3) is 2.88. The largest absolute Gasteiger partial charge is 0.433 e. The Morgan fingerprint density at radius 2 is 2.17 bits per heavy atom. The van der Waals surface area contributed by atoms with E-state index in [9.17, 15) is 15.2 Å². The van der Waals surface area contributed by atoms with Crippen molar-refractivity contribution in [1.29, 1.82) is 0 Å². The van der Waals surface area contributed by atoms with E-state index in [0.29, 0.717) is 5.02 Å². The van der Waals surface area contributed by atoms with Gasteiger partial charge in [0.15, 0.2) is 0 Å². The number of benzene rings is 1. The first-order valence-electron chi connectivity index (χ1n) is 5.23. The molecule has 6 heteroatoms. The average molecular weight is 268 g/mol. The highest BCUT2D eigenvalue weighted by Gasteiger charge is 2.18. The smallest absolute Gasteiger partial charge is 0.403 e. The molecule has 1 aromatic heterocycles. The predicted octanol–water partition coefficient (Wildman–Crippen LogP) is 3.12. The number of rotatable bonds is 4. The Bertz CT molecular complexity index is 567. The van der Waals surface area contributed by atoms with Gasteiger partial charge < -0.3 is 9.52 Å². The molecule has 0 radical (unpaired) electrons. The van der Waals surface area contributed by atoms with Crippen LogP contribution in [-0.4, -0.2) is 10.0 Å². The summed E-state index contributed by atoms with van der Waals surface area (Å²) in [5, 5.41) is 20.9. The fourth-order valence-corrected chi connectivity index (χ4v) is 1.82. The number of halogens is 1. The van der Waals surface area contributed by atoms with Crippen LogP contribution in [0.2, 0.25) is 5.02 Å². The van der Waals surface area contributed by atoms with Crippen molar-refractivity contribution in [3.8, 4) is 0 Å². The van der Waals surface area contributed by atoms with Crippen LogP contribution in [0.1, 0.15) is 17.4 Å². The monoisotopic (exact) mass is 267 g/mol. The van der Waals surface area contributed by atoms with Crippen LogP contribution < -0.4 is 0 Å². The molecule has 1 unspecified atom stereocenters. The van der Waals surface area contributed by atoms with Gasteiger partial charge in [0, 0.05) is 11.4 Å². The molecule has 18 heavy (non-hydrogen) atoms. The van der Waals surface area contributed by atoms with E-state index in [-0.39, 0.29) is 18.1 Å². The highest BCUT2D eigenvalue weighted by Crippen LogP contribution is 2.25. The Labute approximate surface area is 108 Å². The zero-order valence-electron chi connectivity index (χ0n) is 9.25. The summed E-state index contributed by atoms with van der Waals surface area (Å²) in [6, 6.07) is 9.66. The Morgan fingerprint density at radius 3 is 2.78 bits per heavy atom. The summed E-state index contributed by atoms with van der Waals surface area (Å²) in [5.74, 6) is -0.211. The molecule has 1 heterocycles. The summed E-state index contributed by atoms with van der Waals surface area (Å²) in [7, 11) is 0. The van der Waals surface area contributed by atoms with Gasteiger partial charge in [0.25, 0.3) is 0 Å². The van der Waals surface area contributed by atoms with Crippen LogP contribution in [0.15, 0.2) is 40.8 Å². The number of hydrogen-bond acceptors (Lipinski definition) is 4. The lowest BCUT2D eigenvalue weighted by Crippen LogP contribution is -2.00. The van der Waals surface area contributed by atoms with Gasteiger partial charge in [0.05, 0.1) is 6.07 Å². The van der Waals surface area contributed by atoms with E-state index >= 15 is 0 Å². The highest BCUT2D eigenvalue weighted by atomic mass is 35.5. The van der Waals surface area contributed by atoms with Gasteiger partial charge >= 0.3 is 5.88 Å². The Balaban J connectivity index is 2.11. The molecule has 2 rings (SSSR count). The SMILES string of the molecule is O=[N+]([O-])c1ccc(C(O)Cc2cccc(Cl)c2)o1. The Hall–Kier alpha value is -1.85. The number of nitro groups is 1. The lowest BCUT2D eigenvalue weighted by Gasteiger charge is -2.07.